The molecule has 0 N–H and O–H groups in total. The summed E-state index contributed by atoms with van der Waals surface area (Å²) in [7, 11) is 0. The third-order valence-corrected chi connectivity index (χ3v) is 4.36. The summed E-state index contributed by atoms with van der Waals surface area (Å²) in [6, 6.07) is 7.72. The number of likely N-dealkylation sites (tertiary alicyclic amines) is 1. The summed E-state index contributed by atoms with van der Waals surface area (Å²) in [4.78, 5) is 18.1. The van der Waals surface area contributed by atoms with Gasteiger partial charge in [-0.2, -0.15) is 0 Å². The highest BCUT2D eigenvalue weighted by atomic mass is 32.1. The van der Waals surface area contributed by atoms with Gasteiger partial charge in [0.2, 0.25) is 5.91 Å². The lowest BCUT2D eigenvalue weighted by Gasteiger charge is -2.29. The second-order valence-electron chi connectivity index (χ2n) is 5.20. The van der Waals surface area contributed by atoms with Crippen LogP contribution in [0.3, 0.4) is 0 Å². The zero-order valence-corrected chi connectivity index (χ0v) is 13.3. The number of hydrogen-bond acceptors (Lipinski definition) is 4. The Morgan fingerprint density at radius 1 is 1.41 bits per heavy atom. The summed E-state index contributed by atoms with van der Waals surface area (Å²) in [5, 5.41) is 3.04. The van der Waals surface area contributed by atoms with Crippen LogP contribution < -0.4 is 4.74 Å². The minimum Gasteiger partial charge on any atom is -0.487 e. The van der Waals surface area contributed by atoms with E-state index in [4.69, 9.17) is 4.74 Å². The number of nitrogens with zero attached hydrogens (tertiary/aromatic N) is 2. The van der Waals surface area contributed by atoms with Crippen molar-refractivity contribution in [2.45, 2.75) is 20.0 Å². The number of aromatic nitrogens is 1. The van der Waals surface area contributed by atoms with Gasteiger partial charge in [0.25, 0.3) is 0 Å². The van der Waals surface area contributed by atoms with Gasteiger partial charge in [-0.15, -0.1) is 11.3 Å². The molecule has 114 valence electrons. The number of carbonyl (C=O) groups excluding carboxylic acids is 1. The SMILES string of the molecule is Cc1nc(COc2ccccc2/C=C/C(=O)N2CCC2)cs1. The Morgan fingerprint density at radius 2 is 2.23 bits per heavy atom. The molecule has 1 fully saturated rings. The Kier molecular flexibility index (Phi) is 4.53. The average Bonchev–Trinajstić information content (AvgIpc) is 2.87. The van der Waals surface area contributed by atoms with Crippen LogP contribution >= 0.6 is 11.3 Å². The van der Waals surface area contributed by atoms with Gasteiger partial charge in [-0.25, -0.2) is 4.98 Å². The monoisotopic (exact) mass is 314 g/mol. The van der Waals surface area contributed by atoms with E-state index in [-0.39, 0.29) is 5.91 Å². The van der Waals surface area contributed by atoms with Crippen LogP contribution in [0.2, 0.25) is 0 Å². The molecule has 1 saturated heterocycles. The van der Waals surface area contributed by atoms with E-state index in [0.29, 0.717) is 6.61 Å². The van der Waals surface area contributed by atoms with Crippen molar-refractivity contribution >= 4 is 23.3 Å². The maximum atomic E-state index is 11.9. The second kappa shape index (κ2) is 6.75. The van der Waals surface area contributed by atoms with Gasteiger partial charge in [-0.05, 0) is 25.5 Å². The van der Waals surface area contributed by atoms with Crippen LogP contribution in [0, 0.1) is 6.92 Å². The first-order valence-electron chi connectivity index (χ1n) is 7.32. The van der Waals surface area contributed by atoms with E-state index in [9.17, 15) is 4.79 Å². The van der Waals surface area contributed by atoms with Crippen LogP contribution in [0.1, 0.15) is 22.7 Å². The number of hydrogen-bond donors (Lipinski definition) is 0. The van der Waals surface area contributed by atoms with E-state index in [1.807, 2.05) is 47.5 Å². The molecule has 2 heterocycles. The van der Waals surface area contributed by atoms with Crippen molar-refractivity contribution in [3.8, 4) is 5.75 Å². The molecule has 0 aliphatic carbocycles. The highest BCUT2D eigenvalue weighted by molar-refractivity contribution is 7.09. The lowest BCUT2D eigenvalue weighted by molar-refractivity contribution is -0.129. The van der Waals surface area contributed by atoms with Crippen molar-refractivity contribution in [2.24, 2.45) is 0 Å². The summed E-state index contributed by atoms with van der Waals surface area (Å²) < 4.78 is 5.84. The van der Waals surface area contributed by atoms with Crippen molar-refractivity contribution in [1.82, 2.24) is 9.88 Å². The maximum absolute atomic E-state index is 11.9. The predicted molar refractivity (Wildman–Crippen MR) is 87.9 cm³/mol. The quantitative estimate of drug-likeness (QED) is 0.795. The average molecular weight is 314 g/mol. The van der Waals surface area contributed by atoms with E-state index in [1.54, 1.807) is 17.4 Å². The summed E-state index contributed by atoms with van der Waals surface area (Å²) in [5.74, 6) is 0.831. The number of ether oxygens (including phenoxy) is 1. The molecule has 2 aromatic rings. The highest BCUT2D eigenvalue weighted by Gasteiger charge is 2.17. The normalized spacial score (nSPS) is 14.1. The fraction of sp³-hybridized carbons (Fsp3) is 0.294. The molecule has 5 heteroatoms. The molecule has 0 radical (unpaired) electrons. The van der Waals surface area contributed by atoms with E-state index in [0.717, 1.165) is 41.5 Å². The van der Waals surface area contributed by atoms with Gasteiger partial charge < -0.3 is 9.64 Å². The van der Waals surface area contributed by atoms with Crippen molar-refractivity contribution in [3.05, 3.63) is 52.0 Å². The third kappa shape index (κ3) is 3.54. The molecule has 1 aliphatic heterocycles. The molecule has 0 saturated carbocycles. The number of amides is 1. The molecule has 0 unspecified atom stereocenters. The summed E-state index contributed by atoms with van der Waals surface area (Å²) in [5.41, 5.74) is 1.83. The third-order valence-electron chi connectivity index (χ3n) is 3.53. The van der Waals surface area contributed by atoms with Crippen LogP contribution in [0.25, 0.3) is 6.08 Å². The Morgan fingerprint density at radius 3 is 2.91 bits per heavy atom. The smallest absolute Gasteiger partial charge is 0.246 e. The van der Waals surface area contributed by atoms with Gasteiger partial charge in [0.05, 0.1) is 10.7 Å². The Bertz CT molecular complexity index is 689. The Labute approximate surface area is 134 Å². The number of thiazole rings is 1. The zero-order chi connectivity index (χ0) is 15.4. The molecule has 1 aliphatic rings. The fourth-order valence-corrected chi connectivity index (χ4v) is 2.78. The predicted octanol–water partition coefficient (Wildman–Crippen LogP) is 3.28. The summed E-state index contributed by atoms with van der Waals surface area (Å²) >= 11 is 1.61. The van der Waals surface area contributed by atoms with E-state index < -0.39 is 0 Å². The van der Waals surface area contributed by atoms with E-state index >= 15 is 0 Å². The molecule has 0 spiro atoms. The molecule has 1 aromatic carbocycles. The van der Waals surface area contributed by atoms with Gasteiger partial charge in [-0.3, -0.25) is 4.79 Å². The molecular formula is C17H18N2O2S. The van der Waals surface area contributed by atoms with Gasteiger partial charge in [0, 0.05) is 30.1 Å². The highest BCUT2D eigenvalue weighted by Crippen LogP contribution is 2.21. The number of para-hydroxylation sites is 1. The van der Waals surface area contributed by atoms with Gasteiger partial charge in [0.1, 0.15) is 12.4 Å². The largest absolute Gasteiger partial charge is 0.487 e. The molecule has 4 nitrogen and oxygen atoms in total. The lowest BCUT2D eigenvalue weighted by atomic mass is 10.1. The molecule has 0 atom stereocenters. The van der Waals surface area contributed by atoms with Crippen molar-refractivity contribution in [3.63, 3.8) is 0 Å². The number of rotatable bonds is 5. The van der Waals surface area contributed by atoms with Crippen molar-refractivity contribution < 1.29 is 9.53 Å². The van der Waals surface area contributed by atoms with Crippen LogP contribution in [-0.2, 0) is 11.4 Å². The molecule has 3 rings (SSSR count). The summed E-state index contributed by atoms with van der Waals surface area (Å²) in [6.07, 6.45) is 4.54. The van der Waals surface area contributed by atoms with Crippen LogP contribution in [0.15, 0.2) is 35.7 Å². The van der Waals surface area contributed by atoms with Crippen LogP contribution in [0.4, 0.5) is 0 Å². The first-order chi connectivity index (χ1) is 10.7. The van der Waals surface area contributed by atoms with Crippen LogP contribution in [0.5, 0.6) is 5.75 Å². The topological polar surface area (TPSA) is 42.4 Å². The van der Waals surface area contributed by atoms with Crippen LogP contribution in [-0.4, -0.2) is 28.9 Å². The van der Waals surface area contributed by atoms with Crippen molar-refractivity contribution in [1.29, 1.82) is 0 Å². The Balaban J connectivity index is 1.66. The van der Waals surface area contributed by atoms with E-state index in [2.05, 4.69) is 4.98 Å². The molecular weight excluding hydrogens is 296 g/mol. The Hall–Kier alpha value is -2.14. The van der Waals surface area contributed by atoms with Gasteiger partial charge >= 0.3 is 0 Å². The first-order valence-corrected chi connectivity index (χ1v) is 8.20. The van der Waals surface area contributed by atoms with Gasteiger partial charge in [-0.1, -0.05) is 18.2 Å². The second-order valence-corrected chi connectivity index (χ2v) is 6.26. The van der Waals surface area contributed by atoms with E-state index in [1.165, 1.54) is 0 Å². The first kappa shape index (κ1) is 14.8. The fourth-order valence-electron chi connectivity index (χ4n) is 2.18. The number of aryl methyl sites for hydroxylation is 1. The van der Waals surface area contributed by atoms with Gasteiger partial charge in [0.15, 0.2) is 0 Å². The molecule has 1 amide bonds. The number of benzene rings is 1. The zero-order valence-electron chi connectivity index (χ0n) is 12.5. The number of carbonyl (C=O) groups is 1. The maximum Gasteiger partial charge on any atom is 0.246 e. The molecule has 22 heavy (non-hydrogen) atoms. The minimum atomic E-state index is 0.0659. The minimum absolute atomic E-state index is 0.0659. The molecule has 0 bridgehead atoms. The lowest BCUT2D eigenvalue weighted by Crippen LogP contribution is -2.40. The standard InChI is InChI=1S/C17H18N2O2S/c1-13-18-15(12-22-13)11-21-16-6-3-2-5-14(16)7-8-17(20)19-9-4-10-19/h2-3,5-8,12H,4,9-11H2,1H3/b8-7+. The van der Waals surface area contributed by atoms with Crippen molar-refractivity contribution in [2.75, 3.05) is 13.1 Å². The summed E-state index contributed by atoms with van der Waals surface area (Å²) in [6.45, 7) is 4.15. The molecule has 1 aromatic heterocycles.